The molecule has 1 aliphatic rings. The minimum Gasteiger partial charge on any atom is -0.385 e. The highest BCUT2D eigenvalue weighted by Crippen LogP contribution is 2.32. The van der Waals surface area contributed by atoms with Gasteiger partial charge in [-0.1, -0.05) is 25.0 Å². The zero-order valence-corrected chi connectivity index (χ0v) is 9.76. The van der Waals surface area contributed by atoms with Crippen LogP contribution in [-0.2, 0) is 6.42 Å². The van der Waals surface area contributed by atoms with Gasteiger partial charge in [-0.3, -0.25) is 0 Å². The molecular formula is C13H18ClN. The molecule has 0 aliphatic heterocycles. The summed E-state index contributed by atoms with van der Waals surface area (Å²) in [5, 5.41) is 3.45. The lowest BCUT2D eigenvalue weighted by Crippen LogP contribution is -2.02. The maximum Gasteiger partial charge on any atom is 0.0340 e. The lowest BCUT2D eigenvalue weighted by molar-refractivity contribution is 0.760. The van der Waals surface area contributed by atoms with Crippen LogP contribution in [0.3, 0.4) is 0 Å². The smallest absolute Gasteiger partial charge is 0.0340 e. The maximum absolute atomic E-state index is 5.69. The monoisotopic (exact) mass is 223 g/mol. The molecular weight excluding hydrogens is 206 g/mol. The first-order valence-electron chi connectivity index (χ1n) is 5.77. The molecule has 0 bridgehead atoms. The van der Waals surface area contributed by atoms with Gasteiger partial charge >= 0.3 is 0 Å². The van der Waals surface area contributed by atoms with Crippen LogP contribution in [0.15, 0.2) is 24.3 Å². The minimum atomic E-state index is 0.703. The van der Waals surface area contributed by atoms with Crippen molar-refractivity contribution in [3.8, 4) is 0 Å². The molecule has 0 amide bonds. The molecule has 0 spiro atoms. The van der Waals surface area contributed by atoms with Crippen molar-refractivity contribution < 1.29 is 0 Å². The summed E-state index contributed by atoms with van der Waals surface area (Å²) in [7, 11) is 0. The quantitative estimate of drug-likeness (QED) is 0.726. The fraction of sp³-hybridized carbons (Fsp3) is 0.538. The molecule has 82 valence electrons. The number of hydrogen-bond donors (Lipinski definition) is 1. The van der Waals surface area contributed by atoms with Crippen LogP contribution in [0.5, 0.6) is 0 Å². The molecule has 0 aromatic heterocycles. The van der Waals surface area contributed by atoms with Crippen LogP contribution in [0, 0.1) is 5.92 Å². The van der Waals surface area contributed by atoms with Crippen molar-refractivity contribution in [2.45, 2.75) is 25.7 Å². The molecule has 1 aromatic rings. The highest BCUT2D eigenvalue weighted by atomic mass is 35.5. The van der Waals surface area contributed by atoms with Gasteiger partial charge in [0.2, 0.25) is 0 Å². The van der Waals surface area contributed by atoms with Gasteiger partial charge in [0.15, 0.2) is 0 Å². The first-order valence-corrected chi connectivity index (χ1v) is 6.31. The second-order valence-corrected chi connectivity index (χ2v) is 4.67. The van der Waals surface area contributed by atoms with Crippen molar-refractivity contribution in [3.05, 3.63) is 29.8 Å². The third-order valence-corrected chi connectivity index (χ3v) is 3.10. The summed E-state index contributed by atoms with van der Waals surface area (Å²) in [6.45, 7) is 1.11. The van der Waals surface area contributed by atoms with Crippen molar-refractivity contribution in [3.63, 3.8) is 0 Å². The average Bonchev–Trinajstić information content (AvgIpc) is 3.05. The third-order valence-electron chi connectivity index (χ3n) is 2.92. The zero-order valence-electron chi connectivity index (χ0n) is 9.01. The molecule has 0 unspecified atom stereocenters. The normalized spacial score (nSPS) is 15.3. The van der Waals surface area contributed by atoms with Gasteiger partial charge < -0.3 is 5.32 Å². The molecule has 1 N–H and O–H groups in total. The van der Waals surface area contributed by atoms with E-state index in [2.05, 4.69) is 29.6 Å². The van der Waals surface area contributed by atoms with E-state index in [-0.39, 0.29) is 0 Å². The number of halogens is 1. The van der Waals surface area contributed by atoms with Gasteiger partial charge in [0, 0.05) is 18.1 Å². The van der Waals surface area contributed by atoms with E-state index in [1.54, 1.807) is 0 Å². The summed E-state index contributed by atoms with van der Waals surface area (Å²) >= 11 is 5.69. The Kier molecular flexibility index (Phi) is 3.90. The minimum absolute atomic E-state index is 0.703. The number of hydrogen-bond acceptors (Lipinski definition) is 1. The first kappa shape index (κ1) is 10.8. The summed E-state index contributed by atoms with van der Waals surface area (Å²) in [6, 6.07) is 8.60. The molecule has 15 heavy (non-hydrogen) atoms. The first-order chi connectivity index (χ1) is 7.38. The molecule has 0 atom stereocenters. The highest BCUT2D eigenvalue weighted by molar-refractivity contribution is 6.17. The molecule has 1 aromatic carbocycles. The molecule has 1 fully saturated rings. The fourth-order valence-electron chi connectivity index (χ4n) is 1.73. The van der Waals surface area contributed by atoms with Gasteiger partial charge in [-0.2, -0.15) is 0 Å². The summed E-state index contributed by atoms with van der Waals surface area (Å²) in [6.07, 6.45) is 5.17. The molecule has 0 saturated heterocycles. The Balaban J connectivity index is 1.75. The summed E-state index contributed by atoms with van der Waals surface area (Å²) < 4.78 is 0. The van der Waals surface area contributed by atoms with Gasteiger partial charge in [-0.05, 0) is 36.5 Å². The van der Waals surface area contributed by atoms with Gasteiger partial charge in [-0.25, -0.2) is 0 Å². The van der Waals surface area contributed by atoms with Gasteiger partial charge in [0.25, 0.3) is 0 Å². The van der Waals surface area contributed by atoms with Gasteiger partial charge in [-0.15, -0.1) is 11.6 Å². The second kappa shape index (κ2) is 5.41. The molecule has 1 nitrogen and oxygen atoms in total. The molecule has 0 radical (unpaired) electrons. The number of aryl methyl sites for hydroxylation is 1. The van der Waals surface area contributed by atoms with Crippen LogP contribution in [0.1, 0.15) is 24.8 Å². The number of benzene rings is 1. The lowest BCUT2D eigenvalue weighted by Gasteiger charge is -2.06. The Morgan fingerprint density at radius 2 is 1.93 bits per heavy atom. The molecule has 1 saturated carbocycles. The Labute approximate surface area is 96.8 Å². The number of rotatable bonds is 6. The van der Waals surface area contributed by atoms with Crippen molar-refractivity contribution in [1.29, 1.82) is 0 Å². The van der Waals surface area contributed by atoms with E-state index in [1.807, 2.05) is 0 Å². The van der Waals surface area contributed by atoms with E-state index in [9.17, 15) is 0 Å². The highest BCUT2D eigenvalue weighted by Gasteiger charge is 2.19. The van der Waals surface area contributed by atoms with Crippen LogP contribution in [-0.4, -0.2) is 12.4 Å². The van der Waals surface area contributed by atoms with Crippen LogP contribution in [0.4, 0.5) is 5.69 Å². The molecule has 2 heteroatoms. The van der Waals surface area contributed by atoms with Crippen molar-refractivity contribution >= 4 is 17.3 Å². The zero-order chi connectivity index (χ0) is 10.5. The van der Waals surface area contributed by atoms with E-state index in [4.69, 9.17) is 11.6 Å². The fourth-order valence-corrected chi connectivity index (χ4v) is 1.94. The Bertz CT molecular complexity index is 290. The SMILES string of the molecule is ClCCc1ccc(NCCC2CC2)cc1. The Hall–Kier alpha value is -0.690. The Morgan fingerprint density at radius 3 is 2.53 bits per heavy atom. The molecule has 1 aliphatic carbocycles. The predicted octanol–water partition coefficient (Wildman–Crippen LogP) is 3.68. The summed E-state index contributed by atoms with van der Waals surface area (Å²) in [4.78, 5) is 0. The maximum atomic E-state index is 5.69. The predicted molar refractivity (Wildman–Crippen MR) is 66.7 cm³/mol. The largest absolute Gasteiger partial charge is 0.385 e. The van der Waals surface area contributed by atoms with Crippen LogP contribution in [0.2, 0.25) is 0 Å². The lowest BCUT2D eigenvalue weighted by atomic mass is 10.1. The number of nitrogens with one attached hydrogen (secondary N) is 1. The topological polar surface area (TPSA) is 12.0 Å². The number of alkyl halides is 1. The van der Waals surface area contributed by atoms with Crippen molar-refractivity contribution in [1.82, 2.24) is 0 Å². The standard InChI is InChI=1S/C13H18ClN/c14-9-7-11-3-5-13(6-4-11)15-10-8-12-1-2-12/h3-6,12,15H,1-2,7-10H2. The molecule has 2 rings (SSSR count). The van der Waals surface area contributed by atoms with E-state index in [0.717, 1.165) is 18.9 Å². The van der Waals surface area contributed by atoms with Crippen LogP contribution in [0.25, 0.3) is 0 Å². The average molecular weight is 224 g/mol. The third kappa shape index (κ3) is 3.75. The van der Waals surface area contributed by atoms with Gasteiger partial charge in [0.05, 0.1) is 0 Å². The van der Waals surface area contributed by atoms with Crippen LogP contribution >= 0.6 is 11.6 Å². The van der Waals surface area contributed by atoms with Crippen molar-refractivity contribution in [2.75, 3.05) is 17.7 Å². The molecule has 0 heterocycles. The van der Waals surface area contributed by atoms with E-state index in [0.29, 0.717) is 5.88 Å². The Morgan fingerprint density at radius 1 is 1.20 bits per heavy atom. The number of anilines is 1. The van der Waals surface area contributed by atoms with E-state index in [1.165, 1.54) is 30.5 Å². The van der Waals surface area contributed by atoms with E-state index < -0.39 is 0 Å². The van der Waals surface area contributed by atoms with Crippen molar-refractivity contribution in [2.24, 2.45) is 5.92 Å². The van der Waals surface area contributed by atoms with E-state index >= 15 is 0 Å². The second-order valence-electron chi connectivity index (χ2n) is 4.29. The van der Waals surface area contributed by atoms with Crippen LogP contribution < -0.4 is 5.32 Å². The van der Waals surface area contributed by atoms with Gasteiger partial charge in [0.1, 0.15) is 0 Å². The summed E-state index contributed by atoms with van der Waals surface area (Å²) in [5.41, 5.74) is 2.55. The summed E-state index contributed by atoms with van der Waals surface area (Å²) in [5.74, 6) is 1.71.